The van der Waals surface area contributed by atoms with Crippen LogP contribution in [-0.4, -0.2) is 38.8 Å². The van der Waals surface area contributed by atoms with E-state index in [1.54, 1.807) is 23.1 Å². The fourth-order valence-electron chi connectivity index (χ4n) is 5.02. The Balaban J connectivity index is 1.33. The second kappa shape index (κ2) is 8.24. The molecule has 1 unspecified atom stereocenters. The number of likely N-dealkylation sites (tertiary alicyclic amines) is 1. The number of amides is 2. The van der Waals surface area contributed by atoms with Crippen LogP contribution in [0, 0.1) is 5.82 Å². The number of nitrogen functional groups attached to an aromatic ring is 1. The van der Waals surface area contributed by atoms with Crippen molar-refractivity contribution in [1.82, 2.24) is 25.0 Å². The van der Waals surface area contributed by atoms with Crippen LogP contribution < -0.4 is 11.1 Å². The normalized spacial score (nSPS) is 20.3. The van der Waals surface area contributed by atoms with E-state index >= 15 is 0 Å². The van der Waals surface area contributed by atoms with Crippen molar-refractivity contribution in [3.8, 4) is 11.3 Å². The van der Waals surface area contributed by atoms with Crippen LogP contribution in [0.5, 0.6) is 0 Å². The van der Waals surface area contributed by atoms with Crippen molar-refractivity contribution in [1.29, 1.82) is 0 Å². The predicted molar refractivity (Wildman–Crippen MR) is 121 cm³/mol. The summed E-state index contributed by atoms with van der Waals surface area (Å²) in [5, 5.41) is 7.48. The van der Waals surface area contributed by atoms with Gasteiger partial charge in [-0.05, 0) is 49.6 Å². The monoisotopic (exact) mass is 488 g/mol. The fraction of sp³-hybridized carbons (Fsp3) is 0.375. The maximum Gasteiger partial charge on any atom is 0.419 e. The molecule has 4 heterocycles. The van der Waals surface area contributed by atoms with Crippen LogP contribution in [0.2, 0.25) is 0 Å². The van der Waals surface area contributed by atoms with Gasteiger partial charge in [0.15, 0.2) is 0 Å². The summed E-state index contributed by atoms with van der Waals surface area (Å²) in [6.07, 6.45) is -1.80. The lowest BCUT2D eigenvalue weighted by molar-refractivity contribution is -0.137. The van der Waals surface area contributed by atoms with Gasteiger partial charge in [-0.25, -0.2) is 14.2 Å². The summed E-state index contributed by atoms with van der Waals surface area (Å²) in [4.78, 5) is 18.4. The average Bonchev–Trinajstić information content (AvgIpc) is 3.51. The van der Waals surface area contributed by atoms with E-state index in [0.29, 0.717) is 25.3 Å². The standard InChI is InChI=1S/C24H24F4N6O/c1-14(15-2-4-17(25)5-3-15)31-22(35)33-8-6-23(13-33)7-9-34-20(23)11-19(32-34)16-10-18(24(26,27)28)21(29)30-12-16/h2-5,10-12,14H,6-9,13H2,1H3,(H2,29,30)(H,31,35)/t14-,23?/m1/s1. The van der Waals surface area contributed by atoms with E-state index in [0.717, 1.165) is 30.2 Å². The lowest BCUT2D eigenvalue weighted by atomic mass is 9.82. The lowest BCUT2D eigenvalue weighted by Crippen LogP contribution is -2.41. The molecule has 11 heteroatoms. The molecule has 3 N–H and O–H groups in total. The van der Waals surface area contributed by atoms with Crippen molar-refractivity contribution in [3.05, 3.63) is 65.2 Å². The van der Waals surface area contributed by atoms with Crippen LogP contribution in [-0.2, 0) is 18.1 Å². The number of halogens is 4. The van der Waals surface area contributed by atoms with E-state index in [1.807, 2.05) is 11.6 Å². The highest BCUT2D eigenvalue weighted by molar-refractivity contribution is 5.75. The Morgan fingerprint density at radius 1 is 1.17 bits per heavy atom. The molecule has 2 aliphatic heterocycles. The molecule has 184 valence electrons. The summed E-state index contributed by atoms with van der Waals surface area (Å²) in [5.41, 5.74) is 6.46. The third-order valence-corrected chi connectivity index (χ3v) is 7.00. The lowest BCUT2D eigenvalue weighted by Gasteiger charge is -2.25. The number of carbonyl (C=O) groups excluding carboxylic acids is 1. The zero-order valence-corrected chi connectivity index (χ0v) is 18.9. The van der Waals surface area contributed by atoms with Crippen molar-refractivity contribution in [2.75, 3.05) is 18.8 Å². The third kappa shape index (κ3) is 4.19. The van der Waals surface area contributed by atoms with Gasteiger partial charge in [0.05, 0.1) is 17.3 Å². The van der Waals surface area contributed by atoms with Gasteiger partial charge in [0, 0.05) is 42.5 Å². The molecule has 0 saturated carbocycles. The number of benzene rings is 1. The number of nitrogens with two attached hydrogens (primary N) is 1. The number of hydrogen-bond acceptors (Lipinski definition) is 4. The second-order valence-corrected chi connectivity index (χ2v) is 9.22. The number of urea groups is 1. The summed E-state index contributed by atoms with van der Waals surface area (Å²) >= 11 is 0. The number of hydrogen-bond donors (Lipinski definition) is 2. The molecule has 2 amide bonds. The Labute approximate surface area is 198 Å². The highest BCUT2D eigenvalue weighted by atomic mass is 19.4. The molecule has 0 aliphatic carbocycles. The van der Waals surface area contributed by atoms with Crippen molar-refractivity contribution >= 4 is 11.8 Å². The van der Waals surface area contributed by atoms with Gasteiger partial charge in [0.1, 0.15) is 11.6 Å². The minimum Gasteiger partial charge on any atom is -0.383 e. The van der Waals surface area contributed by atoms with Gasteiger partial charge in [-0.2, -0.15) is 18.3 Å². The molecule has 1 saturated heterocycles. The number of aryl methyl sites for hydroxylation is 1. The van der Waals surface area contributed by atoms with Crippen molar-refractivity contribution in [2.45, 2.75) is 43.9 Å². The third-order valence-electron chi connectivity index (χ3n) is 7.00. The maximum atomic E-state index is 13.3. The molecule has 0 bridgehead atoms. The Bertz CT molecular complexity index is 1270. The summed E-state index contributed by atoms with van der Waals surface area (Å²) in [5.74, 6) is -0.910. The molecule has 1 spiro atoms. The first-order valence-electron chi connectivity index (χ1n) is 11.3. The molecule has 5 rings (SSSR count). The Kier molecular flexibility index (Phi) is 5.45. The Morgan fingerprint density at radius 3 is 2.60 bits per heavy atom. The molecular formula is C24H24F4N6O. The van der Waals surface area contributed by atoms with Crippen LogP contribution in [0.4, 0.5) is 28.2 Å². The zero-order chi connectivity index (χ0) is 25.0. The summed E-state index contributed by atoms with van der Waals surface area (Å²) in [6, 6.07) is 8.25. The van der Waals surface area contributed by atoms with Gasteiger partial charge < -0.3 is 16.0 Å². The first kappa shape index (κ1) is 23.1. The zero-order valence-electron chi connectivity index (χ0n) is 18.9. The quantitative estimate of drug-likeness (QED) is 0.532. The number of nitrogens with one attached hydrogen (secondary N) is 1. The van der Waals surface area contributed by atoms with Gasteiger partial charge in [-0.1, -0.05) is 12.1 Å². The van der Waals surface area contributed by atoms with E-state index in [1.165, 1.54) is 18.3 Å². The topological polar surface area (TPSA) is 89.1 Å². The van der Waals surface area contributed by atoms with Crippen molar-refractivity contribution < 1.29 is 22.4 Å². The molecule has 0 radical (unpaired) electrons. The minimum absolute atomic E-state index is 0.213. The number of aromatic nitrogens is 3. The molecule has 35 heavy (non-hydrogen) atoms. The second-order valence-electron chi connectivity index (χ2n) is 9.22. The molecular weight excluding hydrogens is 464 g/mol. The SMILES string of the molecule is C[C@@H](NC(=O)N1CCC2(CCn3nc(-c4cnc(N)c(C(F)(F)F)c4)cc32)C1)c1ccc(F)cc1. The number of carbonyl (C=O) groups is 1. The van der Waals surface area contributed by atoms with Gasteiger partial charge in [0.25, 0.3) is 0 Å². The fourth-order valence-corrected chi connectivity index (χ4v) is 5.02. The number of rotatable bonds is 3. The number of nitrogens with zero attached hydrogens (tertiary/aromatic N) is 4. The van der Waals surface area contributed by atoms with Crippen LogP contribution in [0.15, 0.2) is 42.6 Å². The highest BCUT2D eigenvalue weighted by Gasteiger charge is 2.47. The summed E-state index contributed by atoms with van der Waals surface area (Å²) in [6.45, 7) is 3.48. The number of pyridine rings is 1. The van der Waals surface area contributed by atoms with E-state index in [9.17, 15) is 22.4 Å². The Morgan fingerprint density at radius 2 is 1.89 bits per heavy atom. The highest BCUT2D eigenvalue weighted by Crippen LogP contribution is 2.44. The smallest absolute Gasteiger partial charge is 0.383 e. The van der Waals surface area contributed by atoms with Gasteiger partial charge >= 0.3 is 12.2 Å². The summed E-state index contributed by atoms with van der Waals surface area (Å²) in [7, 11) is 0. The number of anilines is 1. The van der Waals surface area contributed by atoms with Crippen LogP contribution in [0.3, 0.4) is 0 Å². The van der Waals surface area contributed by atoms with Gasteiger partial charge in [-0.15, -0.1) is 0 Å². The van der Waals surface area contributed by atoms with E-state index in [-0.39, 0.29) is 28.9 Å². The molecule has 1 fully saturated rings. The van der Waals surface area contributed by atoms with Crippen molar-refractivity contribution in [3.63, 3.8) is 0 Å². The molecule has 7 nitrogen and oxygen atoms in total. The van der Waals surface area contributed by atoms with Gasteiger partial charge in [-0.3, -0.25) is 4.68 Å². The number of fused-ring (bicyclic) bond motifs is 2. The summed E-state index contributed by atoms with van der Waals surface area (Å²) < 4.78 is 54.8. The van der Waals surface area contributed by atoms with E-state index in [4.69, 9.17) is 5.73 Å². The molecule has 2 aromatic heterocycles. The first-order chi connectivity index (χ1) is 16.6. The Hall–Kier alpha value is -3.63. The molecule has 1 aromatic carbocycles. The van der Waals surface area contributed by atoms with Gasteiger partial charge in [0.2, 0.25) is 0 Å². The van der Waals surface area contributed by atoms with Crippen LogP contribution in [0.1, 0.15) is 42.6 Å². The first-order valence-corrected chi connectivity index (χ1v) is 11.3. The van der Waals surface area contributed by atoms with Crippen LogP contribution >= 0.6 is 0 Å². The van der Waals surface area contributed by atoms with E-state index in [2.05, 4.69) is 15.4 Å². The van der Waals surface area contributed by atoms with Crippen molar-refractivity contribution in [2.24, 2.45) is 0 Å². The average molecular weight is 488 g/mol. The minimum atomic E-state index is -4.61. The number of alkyl halides is 3. The predicted octanol–water partition coefficient (Wildman–Crippen LogP) is 4.50. The van der Waals surface area contributed by atoms with E-state index < -0.39 is 17.6 Å². The molecule has 2 atom stereocenters. The maximum absolute atomic E-state index is 13.3. The largest absolute Gasteiger partial charge is 0.419 e. The van der Waals surface area contributed by atoms with Crippen LogP contribution in [0.25, 0.3) is 11.3 Å². The molecule has 2 aliphatic rings. The molecule has 3 aromatic rings.